The highest BCUT2D eigenvalue weighted by Crippen LogP contribution is 2.38. The maximum Gasteiger partial charge on any atom is 0.260 e. The molecular weight excluding hydrogens is 579 g/mol. The number of halogens is 6. The smallest absolute Gasteiger partial charge is 0.260 e. The molecule has 0 aromatic heterocycles. The van der Waals surface area contributed by atoms with Gasteiger partial charge in [0, 0.05) is 16.4 Å². The summed E-state index contributed by atoms with van der Waals surface area (Å²) in [6.07, 6.45) is 0. The predicted octanol–water partition coefficient (Wildman–Crippen LogP) is 6.07. The molecule has 1 atom stereocenters. The molecule has 3 aromatic carbocycles. The number of ether oxygens (including phenoxy) is 1. The van der Waals surface area contributed by atoms with Gasteiger partial charge in [-0.15, -0.1) is 0 Å². The van der Waals surface area contributed by atoms with Gasteiger partial charge in [0.2, 0.25) is 11.7 Å². The van der Waals surface area contributed by atoms with E-state index in [0.29, 0.717) is 29.1 Å². The number of hydrogen-bond donors (Lipinski definition) is 3. The Morgan fingerprint density at radius 2 is 1.62 bits per heavy atom. The molecule has 208 valence electrons. The van der Waals surface area contributed by atoms with E-state index in [-0.39, 0.29) is 27.7 Å². The normalized spacial score (nSPS) is 15.9. The van der Waals surface area contributed by atoms with E-state index in [9.17, 15) is 31.5 Å². The van der Waals surface area contributed by atoms with Gasteiger partial charge in [-0.1, -0.05) is 41.6 Å². The van der Waals surface area contributed by atoms with Crippen molar-refractivity contribution in [2.24, 2.45) is 10.7 Å². The average Bonchev–Trinajstić information content (AvgIpc) is 3.25. The third-order valence-electron chi connectivity index (χ3n) is 5.41. The molecule has 0 saturated heterocycles. The largest absolute Gasteiger partial charge is 0.492 e. The highest BCUT2D eigenvalue weighted by Gasteiger charge is 2.40. The van der Waals surface area contributed by atoms with Crippen molar-refractivity contribution in [2.75, 3.05) is 17.2 Å². The minimum atomic E-state index is -2.38. The van der Waals surface area contributed by atoms with E-state index in [1.165, 1.54) is 12.1 Å². The summed E-state index contributed by atoms with van der Waals surface area (Å²) < 4.78 is 74.7. The summed E-state index contributed by atoms with van der Waals surface area (Å²) >= 11 is 6.61. The summed E-state index contributed by atoms with van der Waals surface area (Å²) in [5.41, 5.74) is 4.53. The van der Waals surface area contributed by atoms with Gasteiger partial charge in [0.25, 0.3) is 5.91 Å². The van der Waals surface area contributed by atoms with Gasteiger partial charge >= 0.3 is 0 Å². The first-order chi connectivity index (χ1) is 19.0. The number of nitrogens with two attached hydrogens (primary N) is 1. The van der Waals surface area contributed by atoms with E-state index in [0.717, 1.165) is 0 Å². The van der Waals surface area contributed by atoms with Crippen LogP contribution < -0.4 is 21.1 Å². The third-order valence-corrected chi connectivity index (χ3v) is 6.86. The Kier molecular flexibility index (Phi) is 8.64. The number of amides is 2. The fourth-order valence-electron chi connectivity index (χ4n) is 3.59. The zero-order valence-corrected chi connectivity index (χ0v) is 21.9. The zero-order chi connectivity index (χ0) is 29.1. The number of hydrogen-bond acceptors (Lipinski definition) is 6. The average molecular weight is 597 g/mol. The Labute approximate surface area is 233 Å². The van der Waals surface area contributed by atoms with Gasteiger partial charge in [-0.2, -0.15) is 0 Å². The van der Waals surface area contributed by atoms with E-state index in [4.69, 9.17) is 22.1 Å². The molecule has 0 saturated carbocycles. The van der Waals surface area contributed by atoms with Crippen molar-refractivity contribution in [2.45, 2.75) is 12.2 Å². The summed E-state index contributed by atoms with van der Waals surface area (Å²) in [6.45, 7) is 2.04. The minimum absolute atomic E-state index is 0.0678. The van der Waals surface area contributed by atoms with Crippen LogP contribution in [0.3, 0.4) is 0 Å². The van der Waals surface area contributed by atoms with E-state index in [1.54, 1.807) is 48.6 Å². The summed E-state index contributed by atoms with van der Waals surface area (Å²) in [7, 11) is 0. The summed E-state index contributed by atoms with van der Waals surface area (Å²) in [5.74, 6) is -13.1. The van der Waals surface area contributed by atoms with Crippen LogP contribution in [0.25, 0.3) is 0 Å². The Morgan fingerprint density at radius 1 is 0.975 bits per heavy atom. The lowest BCUT2D eigenvalue weighted by Gasteiger charge is -2.13. The first-order valence-electron chi connectivity index (χ1n) is 11.4. The Bertz CT molecular complexity index is 1550. The monoisotopic (exact) mass is 596 g/mol. The van der Waals surface area contributed by atoms with E-state index >= 15 is 0 Å². The predicted molar refractivity (Wildman–Crippen MR) is 142 cm³/mol. The first kappa shape index (κ1) is 28.9. The van der Waals surface area contributed by atoms with Crippen LogP contribution in [0.4, 0.5) is 39.0 Å². The van der Waals surface area contributed by atoms with Crippen LogP contribution in [0.5, 0.6) is 5.75 Å². The van der Waals surface area contributed by atoms with Gasteiger partial charge in [0.15, 0.2) is 23.3 Å². The van der Waals surface area contributed by atoms with Crippen LogP contribution in [0.2, 0.25) is 5.02 Å². The van der Waals surface area contributed by atoms with E-state index in [2.05, 4.69) is 10.3 Å². The standard InChI is InChI=1S/C26H18ClF5N4O3S/c1-2-39-14-9-4-3-8-13(14)35-26-15(24(37)34-12-7-5-6-11(27)10-12)21(33)23(40-26)25(38)36-22-19(31)17(29)16(28)18(30)20(22)32/h3-10,23H,2,33H2,1H3,(H,34,37)(H,36,38)/t23-/m1/s1. The van der Waals surface area contributed by atoms with Crippen molar-refractivity contribution in [3.63, 3.8) is 0 Å². The topological polar surface area (TPSA) is 106 Å². The second-order valence-electron chi connectivity index (χ2n) is 8.04. The van der Waals surface area contributed by atoms with Gasteiger partial charge < -0.3 is 21.1 Å². The van der Waals surface area contributed by atoms with Gasteiger partial charge in [0.05, 0.1) is 12.2 Å². The molecule has 3 aromatic rings. The first-order valence-corrected chi connectivity index (χ1v) is 12.7. The molecule has 1 aliphatic heterocycles. The molecule has 0 aliphatic carbocycles. The maximum absolute atomic E-state index is 14.2. The van der Waals surface area contributed by atoms with Crippen LogP contribution in [-0.2, 0) is 9.59 Å². The van der Waals surface area contributed by atoms with Crippen LogP contribution >= 0.6 is 23.4 Å². The van der Waals surface area contributed by atoms with Crippen molar-refractivity contribution in [3.05, 3.63) is 93.9 Å². The highest BCUT2D eigenvalue weighted by atomic mass is 35.5. The Balaban J connectivity index is 1.75. The molecule has 40 heavy (non-hydrogen) atoms. The number of nitrogens with one attached hydrogen (secondary N) is 2. The molecule has 0 unspecified atom stereocenters. The summed E-state index contributed by atoms with van der Waals surface area (Å²) in [4.78, 5) is 30.8. The minimum Gasteiger partial charge on any atom is -0.492 e. The van der Waals surface area contributed by atoms with Crippen molar-refractivity contribution in [1.29, 1.82) is 0 Å². The van der Waals surface area contributed by atoms with E-state index in [1.807, 2.05) is 0 Å². The number of nitrogens with zero attached hydrogens (tertiary/aromatic N) is 1. The number of rotatable bonds is 7. The molecule has 4 rings (SSSR count). The lowest BCUT2D eigenvalue weighted by Crippen LogP contribution is -2.30. The number of thioether (sulfide) groups is 1. The van der Waals surface area contributed by atoms with Crippen molar-refractivity contribution in [1.82, 2.24) is 0 Å². The number of carbonyl (C=O) groups is 2. The highest BCUT2D eigenvalue weighted by molar-refractivity contribution is 8.16. The Hall–Kier alpha value is -4.10. The molecule has 4 N–H and O–H groups in total. The molecule has 0 spiro atoms. The van der Waals surface area contributed by atoms with Gasteiger partial charge in [-0.3, -0.25) is 9.59 Å². The van der Waals surface area contributed by atoms with Gasteiger partial charge in [0.1, 0.15) is 27.4 Å². The SMILES string of the molecule is CCOc1ccccc1N=C1S[C@@H](C(=O)Nc2c(F)c(F)c(F)c(F)c2F)C(N)=C1C(=O)Nc1cccc(Cl)c1. The van der Waals surface area contributed by atoms with Crippen LogP contribution in [0.1, 0.15) is 6.92 Å². The molecule has 14 heteroatoms. The number of para-hydroxylation sites is 2. The Morgan fingerprint density at radius 3 is 2.27 bits per heavy atom. The number of carbonyl (C=O) groups excluding carboxylic acids is 2. The quantitative estimate of drug-likeness (QED) is 0.174. The van der Waals surface area contributed by atoms with Crippen LogP contribution in [-0.4, -0.2) is 28.7 Å². The lowest BCUT2D eigenvalue weighted by molar-refractivity contribution is -0.115. The summed E-state index contributed by atoms with van der Waals surface area (Å²) in [5, 5.41) is 2.99. The van der Waals surface area contributed by atoms with Gasteiger partial charge in [-0.05, 0) is 37.3 Å². The molecule has 7 nitrogen and oxygen atoms in total. The van der Waals surface area contributed by atoms with Crippen molar-refractivity contribution >= 4 is 57.3 Å². The zero-order valence-electron chi connectivity index (χ0n) is 20.3. The van der Waals surface area contributed by atoms with Crippen LogP contribution in [0, 0.1) is 29.1 Å². The molecule has 0 bridgehead atoms. The molecule has 2 amide bonds. The number of anilines is 2. The molecule has 1 heterocycles. The third kappa shape index (κ3) is 5.75. The summed E-state index contributed by atoms with van der Waals surface area (Å²) in [6, 6.07) is 12.7. The van der Waals surface area contributed by atoms with Crippen molar-refractivity contribution < 1.29 is 36.3 Å². The van der Waals surface area contributed by atoms with Crippen molar-refractivity contribution in [3.8, 4) is 5.75 Å². The van der Waals surface area contributed by atoms with E-state index < -0.39 is 51.8 Å². The fourth-order valence-corrected chi connectivity index (χ4v) is 4.90. The lowest BCUT2D eigenvalue weighted by atomic mass is 10.1. The second-order valence-corrected chi connectivity index (χ2v) is 9.57. The molecule has 0 fully saturated rings. The second kappa shape index (κ2) is 12.0. The molecular formula is C26H18ClF5N4O3S. The van der Waals surface area contributed by atoms with Gasteiger partial charge in [-0.25, -0.2) is 26.9 Å². The fraction of sp³-hybridized carbons (Fsp3) is 0.115. The maximum atomic E-state index is 14.2. The van der Waals surface area contributed by atoms with Crippen LogP contribution in [0.15, 0.2) is 64.8 Å². The molecule has 1 aliphatic rings. The number of aliphatic imine (C=N–C) groups is 1. The number of benzene rings is 3. The molecule has 0 radical (unpaired) electrons.